The van der Waals surface area contributed by atoms with Gasteiger partial charge < -0.3 is 5.32 Å². The molecular formula is C18H19N5O3S. The summed E-state index contributed by atoms with van der Waals surface area (Å²) in [5, 5.41) is 7.95. The van der Waals surface area contributed by atoms with Crippen molar-refractivity contribution in [3.05, 3.63) is 53.9 Å². The van der Waals surface area contributed by atoms with Crippen LogP contribution in [0.1, 0.15) is 11.3 Å². The van der Waals surface area contributed by atoms with Crippen LogP contribution in [0.15, 0.2) is 42.6 Å². The first-order valence-electron chi connectivity index (χ1n) is 8.07. The van der Waals surface area contributed by atoms with E-state index in [1.807, 2.05) is 20.0 Å². The van der Waals surface area contributed by atoms with Gasteiger partial charge in [-0.25, -0.2) is 13.4 Å². The third-order valence-electron chi connectivity index (χ3n) is 3.77. The number of benzene rings is 1. The summed E-state index contributed by atoms with van der Waals surface area (Å²) < 4.78 is 26.5. The lowest BCUT2D eigenvalue weighted by molar-refractivity contribution is -0.111. The van der Waals surface area contributed by atoms with E-state index >= 15 is 0 Å². The van der Waals surface area contributed by atoms with Crippen molar-refractivity contribution in [2.45, 2.75) is 6.92 Å². The number of aromatic nitrogens is 3. The van der Waals surface area contributed by atoms with Gasteiger partial charge in [0.2, 0.25) is 15.9 Å². The van der Waals surface area contributed by atoms with Crippen LogP contribution in [0.5, 0.6) is 0 Å². The van der Waals surface area contributed by atoms with Gasteiger partial charge in [-0.15, -0.1) is 0 Å². The molecule has 0 radical (unpaired) electrons. The van der Waals surface area contributed by atoms with Gasteiger partial charge in [0.25, 0.3) is 0 Å². The number of sulfonamides is 1. The Kier molecular flexibility index (Phi) is 4.95. The van der Waals surface area contributed by atoms with Gasteiger partial charge in [-0.3, -0.25) is 14.2 Å². The summed E-state index contributed by atoms with van der Waals surface area (Å²) >= 11 is 0. The van der Waals surface area contributed by atoms with Crippen molar-refractivity contribution in [2.75, 3.05) is 16.3 Å². The zero-order valence-corrected chi connectivity index (χ0v) is 15.9. The summed E-state index contributed by atoms with van der Waals surface area (Å²) in [6.45, 7) is 1.89. The zero-order valence-electron chi connectivity index (χ0n) is 15.1. The summed E-state index contributed by atoms with van der Waals surface area (Å²) in [4.78, 5) is 16.4. The summed E-state index contributed by atoms with van der Waals surface area (Å²) in [5.41, 5.74) is 3.41. The molecule has 0 aliphatic heterocycles. The number of anilines is 2. The Morgan fingerprint density at radius 3 is 2.56 bits per heavy atom. The third kappa shape index (κ3) is 4.70. The number of pyridine rings is 1. The summed E-state index contributed by atoms with van der Waals surface area (Å²) in [5.74, 6) is -0.295. The molecule has 140 valence electrons. The zero-order chi connectivity index (χ0) is 19.6. The second kappa shape index (κ2) is 7.20. The Morgan fingerprint density at radius 1 is 1.19 bits per heavy atom. The summed E-state index contributed by atoms with van der Waals surface area (Å²) in [7, 11) is -1.49. The number of aryl methyl sites for hydroxylation is 2. The molecule has 0 aliphatic carbocycles. The quantitative estimate of drug-likeness (QED) is 0.656. The van der Waals surface area contributed by atoms with Crippen LogP contribution in [-0.2, 0) is 21.9 Å². The van der Waals surface area contributed by atoms with Crippen LogP contribution in [0.25, 0.3) is 17.1 Å². The van der Waals surface area contributed by atoms with Gasteiger partial charge in [-0.05, 0) is 36.8 Å². The minimum absolute atomic E-state index is 0.295. The fraction of sp³-hybridized carbons (Fsp3) is 0.167. The average Bonchev–Trinajstić information content (AvgIpc) is 2.87. The second-order valence-electron chi connectivity index (χ2n) is 6.12. The SMILES string of the molecule is Cc1nn(C)c2ncc(NC(=O)/C=C/c3ccc(NS(C)(=O)=O)cc3)cc12. The molecule has 0 saturated heterocycles. The largest absolute Gasteiger partial charge is 0.321 e. The van der Waals surface area contributed by atoms with Crippen molar-refractivity contribution in [1.82, 2.24) is 14.8 Å². The lowest BCUT2D eigenvalue weighted by Gasteiger charge is -2.04. The van der Waals surface area contributed by atoms with Crippen LogP contribution >= 0.6 is 0 Å². The topological polar surface area (TPSA) is 106 Å². The number of amides is 1. The molecule has 1 amide bonds. The first-order chi connectivity index (χ1) is 12.7. The molecular weight excluding hydrogens is 366 g/mol. The Labute approximate surface area is 157 Å². The second-order valence-corrected chi connectivity index (χ2v) is 7.87. The number of hydrogen-bond donors (Lipinski definition) is 2. The van der Waals surface area contributed by atoms with Gasteiger partial charge in [-0.1, -0.05) is 12.1 Å². The number of carbonyl (C=O) groups excluding carboxylic acids is 1. The Hall–Kier alpha value is -3.20. The van der Waals surface area contributed by atoms with Gasteiger partial charge in [-0.2, -0.15) is 5.10 Å². The van der Waals surface area contributed by atoms with E-state index < -0.39 is 10.0 Å². The molecule has 1 aromatic carbocycles. The Balaban J connectivity index is 1.67. The minimum atomic E-state index is -3.31. The number of rotatable bonds is 5. The van der Waals surface area contributed by atoms with E-state index in [1.165, 1.54) is 6.08 Å². The number of nitrogens with zero attached hydrogens (tertiary/aromatic N) is 3. The van der Waals surface area contributed by atoms with Gasteiger partial charge >= 0.3 is 0 Å². The standard InChI is InChI=1S/C18H19N5O3S/c1-12-16-10-15(11-19-18(16)23(2)21-12)20-17(24)9-6-13-4-7-14(8-5-13)22-27(3,25)26/h4-11,22H,1-3H3,(H,20,24)/b9-6+. The van der Waals surface area contributed by atoms with Crippen molar-refractivity contribution < 1.29 is 13.2 Å². The van der Waals surface area contributed by atoms with Crippen molar-refractivity contribution in [3.8, 4) is 0 Å². The number of hydrogen-bond acceptors (Lipinski definition) is 5. The molecule has 3 aromatic rings. The molecule has 3 rings (SSSR count). The highest BCUT2D eigenvalue weighted by molar-refractivity contribution is 7.92. The summed E-state index contributed by atoms with van der Waals surface area (Å²) in [6, 6.07) is 8.51. The molecule has 9 heteroatoms. The molecule has 0 fully saturated rings. The highest BCUT2D eigenvalue weighted by atomic mass is 32.2. The van der Waals surface area contributed by atoms with E-state index in [1.54, 1.807) is 41.2 Å². The van der Waals surface area contributed by atoms with Gasteiger partial charge in [0.1, 0.15) is 0 Å². The smallest absolute Gasteiger partial charge is 0.248 e. The minimum Gasteiger partial charge on any atom is -0.321 e. The monoisotopic (exact) mass is 385 g/mol. The molecule has 2 aromatic heterocycles. The van der Waals surface area contributed by atoms with Gasteiger partial charge in [0, 0.05) is 24.2 Å². The summed E-state index contributed by atoms with van der Waals surface area (Å²) in [6.07, 6.45) is 5.71. The average molecular weight is 385 g/mol. The molecule has 2 N–H and O–H groups in total. The van der Waals surface area contributed by atoms with E-state index in [9.17, 15) is 13.2 Å². The highest BCUT2D eigenvalue weighted by Crippen LogP contribution is 2.19. The first-order valence-corrected chi connectivity index (χ1v) is 9.97. The Bertz CT molecular complexity index is 1130. The van der Waals surface area contributed by atoms with Crippen molar-refractivity contribution in [2.24, 2.45) is 7.05 Å². The lowest BCUT2D eigenvalue weighted by atomic mass is 10.2. The lowest BCUT2D eigenvalue weighted by Crippen LogP contribution is -2.09. The van der Waals surface area contributed by atoms with Gasteiger partial charge in [0.15, 0.2) is 5.65 Å². The predicted octanol–water partition coefficient (Wildman–Crippen LogP) is 2.30. The van der Waals surface area contributed by atoms with Crippen LogP contribution in [0, 0.1) is 6.92 Å². The molecule has 0 saturated carbocycles. The normalized spacial score (nSPS) is 11.8. The van der Waals surface area contributed by atoms with Crippen molar-refractivity contribution >= 4 is 44.4 Å². The molecule has 0 bridgehead atoms. The molecule has 0 atom stereocenters. The van der Waals surface area contributed by atoms with Crippen LogP contribution < -0.4 is 10.0 Å². The van der Waals surface area contributed by atoms with E-state index in [4.69, 9.17) is 0 Å². The number of nitrogens with one attached hydrogen (secondary N) is 2. The van der Waals surface area contributed by atoms with E-state index in [0.717, 1.165) is 28.5 Å². The number of carbonyl (C=O) groups is 1. The van der Waals surface area contributed by atoms with Crippen LogP contribution in [0.3, 0.4) is 0 Å². The van der Waals surface area contributed by atoms with E-state index in [-0.39, 0.29) is 5.91 Å². The molecule has 0 aliphatic rings. The maximum absolute atomic E-state index is 12.1. The van der Waals surface area contributed by atoms with Crippen LogP contribution in [0.4, 0.5) is 11.4 Å². The maximum atomic E-state index is 12.1. The van der Waals surface area contributed by atoms with Crippen LogP contribution in [0.2, 0.25) is 0 Å². The van der Waals surface area contributed by atoms with E-state index in [2.05, 4.69) is 20.1 Å². The fourth-order valence-electron chi connectivity index (χ4n) is 2.61. The van der Waals surface area contributed by atoms with Crippen molar-refractivity contribution in [1.29, 1.82) is 0 Å². The highest BCUT2D eigenvalue weighted by Gasteiger charge is 2.08. The number of fused-ring (bicyclic) bond motifs is 1. The predicted molar refractivity (Wildman–Crippen MR) is 106 cm³/mol. The van der Waals surface area contributed by atoms with E-state index in [0.29, 0.717) is 11.4 Å². The molecule has 0 spiro atoms. The molecule has 0 unspecified atom stereocenters. The molecule has 27 heavy (non-hydrogen) atoms. The molecule has 2 heterocycles. The van der Waals surface area contributed by atoms with Crippen LogP contribution in [-0.4, -0.2) is 35.3 Å². The Morgan fingerprint density at radius 2 is 1.89 bits per heavy atom. The van der Waals surface area contributed by atoms with Crippen molar-refractivity contribution in [3.63, 3.8) is 0 Å². The molecule has 8 nitrogen and oxygen atoms in total. The third-order valence-corrected chi connectivity index (χ3v) is 4.38. The first kappa shape index (κ1) is 18.6. The fourth-order valence-corrected chi connectivity index (χ4v) is 3.17. The van der Waals surface area contributed by atoms with Gasteiger partial charge in [0.05, 0.1) is 23.8 Å². The maximum Gasteiger partial charge on any atom is 0.248 e.